The number of esters is 2. The molecule has 1 aliphatic carbocycles. The molecule has 4 aliphatic heterocycles. The van der Waals surface area contributed by atoms with E-state index in [1.807, 2.05) is 48.1 Å². The van der Waals surface area contributed by atoms with Crippen LogP contribution in [0.5, 0.6) is 5.75 Å². The summed E-state index contributed by atoms with van der Waals surface area (Å²) in [6.45, 7) is 7.71. The number of piperazine rings is 1. The van der Waals surface area contributed by atoms with Crippen molar-refractivity contribution in [2.45, 2.75) is 68.6 Å². The third kappa shape index (κ3) is 5.85. The van der Waals surface area contributed by atoms with E-state index in [-0.39, 0.29) is 18.5 Å². The maximum absolute atomic E-state index is 14.0. The Hall–Kier alpha value is -4.18. The van der Waals surface area contributed by atoms with Gasteiger partial charge >= 0.3 is 18.1 Å². The number of fused-ring (bicyclic) bond motifs is 1. The third-order valence-corrected chi connectivity index (χ3v) is 12.5. The topological polar surface area (TPSA) is 124 Å². The van der Waals surface area contributed by atoms with Gasteiger partial charge in [-0.1, -0.05) is 31.2 Å². The number of ether oxygens (including phenoxy) is 3. The first-order valence-corrected chi connectivity index (χ1v) is 18.4. The fourth-order valence-corrected chi connectivity index (χ4v) is 10.4. The van der Waals surface area contributed by atoms with Crippen molar-refractivity contribution in [3.63, 3.8) is 0 Å². The van der Waals surface area contributed by atoms with Gasteiger partial charge in [-0.2, -0.15) is 13.2 Å². The smallest absolute Gasteiger partial charge is 0.416 e. The number of methoxy groups -OCH3 is 2. The molecule has 0 aromatic heterocycles. The summed E-state index contributed by atoms with van der Waals surface area (Å²) in [5.41, 5.74) is -1.88. The summed E-state index contributed by atoms with van der Waals surface area (Å²) in [7, 11) is 4.55. The van der Waals surface area contributed by atoms with Gasteiger partial charge in [-0.25, -0.2) is 4.79 Å². The number of aliphatic hydroxyl groups is 1. The molecule has 2 saturated heterocycles. The second-order valence-corrected chi connectivity index (χ2v) is 15.2. The standard InChI is InChI=1S/C39H48F3N5O7/c1-6-36-12-7-14-47-15-13-37(32(36)47)27-20-28(30(52-4)21-29(27)44(3)33(37)38(51,35(50)53-5)34(36)54-24(2)48)43-31(49)23-46-18-16-45(17-19-46)22-25-8-10-26(11-9-25)39(40,41)42/h7-12,20-21,32-34,51H,6,13-19,22-23H2,1-5H3,(H,43,49)/t32-,33+,34+,36+,37+,38-/m0/s1. The van der Waals surface area contributed by atoms with E-state index in [9.17, 15) is 32.7 Å². The number of likely N-dealkylation sites (N-methyl/N-ethyl adjacent to an activating group) is 1. The number of amides is 1. The zero-order valence-electron chi connectivity index (χ0n) is 31.2. The largest absolute Gasteiger partial charge is 0.494 e. The van der Waals surface area contributed by atoms with Gasteiger partial charge in [0, 0.05) is 81.9 Å². The molecule has 54 heavy (non-hydrogen) atoms. The maximum Gasteiger partial charge on any atom is 0.416 e. The number of alkyl halides is 3. The van der Waals surface area contributed by atoms with Crippen LogP contribution in [0.1, 0.15) is 43.4 Å². The summed E-state index contributed by atoms with van der Waals surface area (Å²) < 4.78 is 56.1. The first-order valence-electron chi connectivity index (χ1n) is 18.4. The van der Waals surface area contributed by atoms with E-state index in [1.165, 1.54) is 33.3 Å². The quantitative estimate of drug-likeness (QED) is 0.289. The lowest BCUT2D eigenvalue weighted by Crippen LogP contribution is -2.81. The van der Waals surface area contributed by atoms with Crippen molar-refractivity contribution < 1.29 is 46.9 Å². The minimum Gasteiger partial charge on any atom is -0.494 e. The van der Waals surface area contributed by atoms with E-state index >= 15 is 0 Å². The number of nitrogens with one attached hydrogen (secondary N) is 1. The lowest BCUT2D eigenvalue weighted by molar-refractivity contribution is -0.228. The van der Waals surface area contributed by atoms with Crippen LogP contribution in [0.2, 0.25) is 0 Å². The monoisotopic (exact) mass is 755 g/mol. The van der Waals surface area contributed by atoms with Gasteiger partial charge in [0.1, 0.15) is 5.75 Å². The molecule has 12 nitrogen and oxygen atoms in total. The summed E-state index contributed by atoms with van der Waals surface area (Å²) in [5, 5.41) is 16.0. The zero-order chi connectivity index (χ0) is 38.8. The number of benzene rings is 2. The summed E-state index contributed by atoms with van der Waals surface area (Å²) in [6.07, 6.45) is -0.541. The van der Waals surface area contributed by atoms with Crippen molar-refractivity contribution in [3.8, 4) is 5.75 Å². The fraction of sp³-hybridized carbons (Fsp3) is 0.564. The molecule has 0 unspecified atom stereocenters. The van der Waals surface area contributed by atoms with E-state index in [2.05, 4.69) is 15.1 Å². The molecule has 3 fully saturated rings. The Bertz CT molecular complexity index is 1830. The number of hydrogen-bond donors (Lipinski definition) is 2. The van der Waals surface area contributed by atoms with Crippen LogP contribution in [0.3, 0.4) is 0 Å². The SMILES string of the molecule is CC[C@]12C=CCN3CC[C@@]4(c5cc(NC(=O)CN6CCN(Cc7ccc(C(F)(F)F)cc7)CC6)c(OC)cc5N(C)[C@H]4[C@@](O)(C(=O)OC)[C@@H]1OC(C)=O)[C@@H]32. The molecule has 6 atom stereocenters. The van der Waals surface area contributed by atoms with Crippen molar-refractivity contribution in [1.29, 1.82) is 0 Å². The van der Waals surface area contributed by atoms with Crippen LogP contribution >= 0.6 is 0 Å². The number of nitrogens with zero attached hydrogens (tertiary/aromatic N) is 4. The highest BCUT2D eigenvalue weighted by atomic mass is 19.4. The number of halogens is 3. The van der Waals surface area contributed by atoms with Gasteiger partial charge in [-0.15, -0.1) is 0 Å². The molecule has 5 aliphatic rings. The highest BCUT2D eigenvalue weighted by Gasteiger charge is 2.80. The Morgan fingerprint density at radius 3 is 2.30 bits per heavy atom. The van der Waals surface area contributed by atoms with Gasteiger partial charge in [-0.05, 0) is 48.7 Å². The number of carbonyl (C=O) groups excluding carboxylic acids is 3. The van der Waals surface area contributed by atoms with Crippen molar-refractivity contribution in [2.75, 3.05) is 77.3 Å². The molecule has 4 heterocycles. The number of hydrogen-bond acceptors (Lipinski definition) is 11. The minimum atomic E-state index is -4.37. The first kappa shape index (κ1) is 38.1. The molecular weight excluding hydrogens is 707 g/mol. The molecular formula is C39H48F3N5O7. The van der Waals surface area contributed by atoms with Gasteiger partial charge in [0.25, 0.3) is 0 Å². The van der Waals surface area contributed by atoms with Gasteiger partial charge in [0.2, 0.25) is 11.5 Å². The number of carbonyl (C=O) groups is 3. The van der Waals surface area contributed by atoms with Gasteiger partial charge in [-0.3, -0.25) is 24.3 Å². The Balaban J connectivity index is 1.15. The van der Waals surface area contributed by atoms with E-state index < -0.39 is 52.3 Å². The summed E-state index contributed by atoms with van der Waals surface area (Å²) >= 11 is 0. The van der Waals surface area contributed by atoms with Crippen LogP contribution in [0.25, 0.3) is 0 Å². The van der Waals surface area contributed by atoms with Crippen LogP contribution in [-0.4, -0.2) is 129 Å². The van der Waals surface area contributed by atoms with E-state index in [0.29, 0.717) is 70.1 Å². The van der Waals surface area contributed by atoms with Crippen LogP contribution in [-0.2, 0) is 42.0 Å². The zero-order valence-corrected chi connectivity index (χ0v) is 31.2. The van der Waals surface area contributed by atoms with E-state index in [0.717, 1.165) is 28.9 Å². The molecule has 292 valence electrons. The van der Waals surface area contributed by atoms with Crippen molar-refractivity contribution in [1.82, 2.24) is 14.7 Å². The Kier molecular flexibility index (Phi) is 9.77. The number of anilines is 2. The highest BCUT2D eigenvalue weighted by Crippen LogP contribution is 2.67. The Morgan fingerprint density at radius 1 is 1.00 bits per heavy atom. The second kappa shape index (κ2) is 13.8. The maximum atomic E-state index is 14.0. The van der Waals surface area contributed by atoms with Crippen molar-refractivity contribution in [3.05, 3.63) is 65.2 Å². The minimum absolute atomic E-state index is 0.119. The van der Waals surface area contributed by atoms with E-state index in [1.54, 1.807) is 0 Å². The fourth-order valence-electron chi connectivity index (χ4n) is 10.4. The molecule has 0 bridgehead atoms. The molecule has 15 heteroatoms. The van der Waals surface area contributed by atoms with Gasteiger partial charge in [0.15, 0.2) is 6.10 Å². The first-order chi connectivity index (χ1) is 25.6. The molecule has 2 aromatic rings. The Morgan fingerprint density at radius 2 is 1.69 bits per heavy atom. The second-order valence-electron chi connectivity index (χ2n) is 15.2. The molecule has 2 N–H and O–H groups in total. The summed E-state index contributed by atoms with van der Waals surface area (Å²) in [6, 6.07) is 7.80. The molecule has 1 spiro atoms. The van der Waals surface area contributed by atoms with Crippen LogP contribution in [0, 0.1) is 5.41 Å². The molecule has 1 saturated carbocycles. The normalized spacial score (nSPS) is 30.7. The Labute approximate surface area is 312 Å². The average molecular weight is 756 g/mol. The van der Waals surface area contributed by atoms with Gasteiger partial charge < -0.3 is 29.5 Å². The van der Waals surface area contributed by atoms with Crippen LogP contribution in [0.15, 0.2) is 48.6 Å². The van der Waals surface area contributed by atoms with Crippen LogP contribution in [0.4, 0.5) is 24.5 Å². The predicted molar refractivity (Wildman–Crippen MR) is 193 cm³/mol. The van der Waals surface area contributed by atoms with Gasteiger partial charge in [0.05, 0.1) is 38.1 Å². The third-order valence-electron chi connectivity index (χ3n) is 12.5. The molecule has 0 radical (unpaired) electrons. The van der Waals surface area contributed by atoms with Crippen molar-refractivity contribution in [2.24, 2.45) is 5.41 Å². The number of rotatable bonds is 9. The molecule has 7 rings (SSSR count). The van der Waals surface area contributed by atoms with Crippen molar-refractivity contribution >= 4 is 29.2 Å². The van der Waals surface area contributed by atoms with Crippen LogP contribution < -0.4 is 15.0 Å². The lowest BCUT2D eigenvalue weighted by atomic mass is 9.47. The predicted octanol–water partition coefficient (Wildman–Crippen LogP) is 3.42. The van der Waals surface area contributed by atoms with E-state index in [4.69, 9.17) is 14.2 Å². The highest BCUT2D eigenvalue weighted by molar-refractivity contribution is 5.95. The molecule has 2 aromatic carbocycles. The summed E-state index contributed by atoms with van der Waals surface area (Å²) in [4.78, 5) is 48.7. The lowest BCUT2D eigenvalue weighted by Gasteiger charge is -2.63. The average Bonchev–Trinajstić information content (AvgIpc) is 3.65. The molecule has 1 amide bonds. The summed E-state index contributed by atoms with van der Waals surface area (Å²) in [5.74, 6) is -1.34.